The molecule has 1 aliphatic rings. The summed E-state index contributed by atoms with van der Waals surface area (Å²) in [5, 5.41) is 14.3. The number of non-ortho nitro benzene ring substituents is 1. The fourth-order valence-corrected chi connectivity index (χ4v) is 3.86. The van der Waals surface area contributed by atoms with Gasteiger partial charge < -0.3 is 10.2 Å². The van der Waals surface area contributed by atoms with Gasteiger partial charge in [-0.05, 0) is 58.0 Å². The number of benzene rings is 3. The Balaban J connectivity index is 1.92. The van der Waals surface area contributed by atoms with E-state index in [1.807, 2.05) is 81.1 Å². The second-order valence-electron chi connectivity index (χ2n) is 9.15. The number of fused-ring (bicyclic) bond motifs is 1. The van der Waals surface area contributed by atoms with Gasteiger partial charge in [0.25, 0.3) is 5.69 Å². The molecule has 0 bridgehead atoms. The van der Waals surface area contributed by atoms with Crippen LogP contribution in [0, 0.1) is 17.0 Å². The third kappa shape index (κ3) is 4.62. The second-order valence-corrected chi connectivity index (χ2v) is 9.15. The van der Waals surface area contributed by atoms with E-state index in [4.69, 9.17) is 4.99 Å². The van der Waals surface area contributed by atoms with Gasteiger partial charge in [0.05, 0.1) is 10.6 Å². The van der Waals surface area contributed by atoms with Crippen LogP contribution in [-0.4, -0.2) is 22.2 Å². The second kappa shape index (κ2) is 8.50. The number of amides is 1. The number of rotatable bonds is 4. The Morgan fingerprint density at radius 1 is 1.00 bits per heavy atom. The van der Waals surface area contributed by atoms with Crippen LogP contribution >= 0.6 is 0 Å². The first-order valence-corrected chi connectivity index (χ1v) is 10.7. The molecule has 0 spiro atoms. The molecule has 1 unspecified atom stereocenters. The molecule has 33 heavy (non-hydrogen) atoms. The van der Waals surface area contributed by atoms with Crippen molar-refractivity contribution in [3.63, 3.8) is 0 Å². The number of amidine groups is 1. The monoisotopic (exact) mass is 442 g/mol. The van der Waals surface area contributed by atoms with Crippen LogP contribution < -0.4 is 10.2 Å². The van der Waals surface area contributed by atoms with Gasteiger partial charge in [-0.3, -0.25) is 14.9 Å². The van der Waals surface area contributed by atoms with Gasteiger partial charge in [-0.25, -0.2) is 4.99 Å². The van der Waals surface area contributed by atoms with Crippen molar-refractivity contribution in [3.8, 4) is 0 Å². The minimum absolute atomic E-state index is 0.000490. The lowest BCUT2D eigenvalue weighted by Crippen LogP contribution is -2.50. The van der Waals surface area contributed by atoms with Crippen LogP contribution in [0.2, 0.25) is 0 Å². The maximum atomic E-state index is 13.7. The summed E-state index contributed by atoms with van der Waals surface area (Å²) in [5.74, 6) is 0.409. The van der Waals surface area contributed by atoms with Crippen molar-refractivity contribution in [1.29, 1.82) is 0 Å². The van der Waals surface area contributed by atoms with E-state index >= 15 is 0 Å². The van der Waals surface area contributed by atoms with Gasteiger partial charge in [-0.2, -0.15) is 0 Å². The van der Waals surface area contributed by atoms with Crippen molar-refractivity contribution in [2.24, 2.45) is 4.99 Å². The van der Waals surface area contributed by atoms with Crippen LogP contribution in [0.3, 0.4) is 0 Å². The summed E-state index contributed by atoms with van der Waals surface area (Å²) in [6, 6.07) is 21.1. The first kappa shape index (κ1) is 22.2. The number of aryl methyl sites for hydroxylation is 1. The molecule has 0 saturated carbocycles. The Kier molecular flexibility index (Phi) is 5.72. The quantitative estimate of drug-likeness (QED) is 0.429. The van der Waals surface area contributed by atoms with Crippen molar-refractivity contribution < 1.29 is 9.72 Å². The predicted molar refractivity (Wildman–Crippen MR) is 130 cm³/mol. The summed E-state index contributed by atoms with van der Waals surface area (Å²) >= 11 is 0. The average molecular weight is 443 g/mol. The Bertz CT molecular complexity index is 1230. The minimum atomic E-state index is -0.661. The number of aliphatic imine (C=N–C) groups is 1. The van der Waals surface area contributed by atoms with E-state index in [1.54, 1.807) is 12.1 Å². The molecule has 3 aromatic rings. The Labute approximate surface area is 192 Å². The highest BCUT2D eigenvalue weighted by Crippen LogP contribution is 2.40. The average Bonchev–Trinajstić information content (AvgIpc) is 2.77. The van der Waals surface area contributed by atoms with Crippen LogP contribution in [0.4, 0.5) is 17.1 Å². The van der Waals surface area contributed by atoms with Crippen LogP contribution in [0.5, 0.6) is 0 Å². The molecule has 168 valence electrons. The Hall–Kier alpha value is -4.00. The fraction of sp³-hybridized carbons (Fsp3) is 0.231. The molecular formula is C26H26N4O3. The number of nitro benzene ring substituents is 1. The number of hydrogen-bond acceptors (Lipinski definition) is 5. The summed E-state index contributed by atoms with van der Waals surface area (Å²) in [7, 11) is 0. The minimum Gasteiger partial charge on any atom is -0.349 e. The lowest BCUT2D eigenvalue weighted by atomic mass is 9.96. The predicted octanol–water partition coefficient (Wildman–Crippen LogP) is 5.46. The zero-order valence-electron chi connectivity index (χ0n) is 19.1. The molecule has 0 radical (unpaired) electrons. The third-order valence-corrected chi connectivity index (χ3v) is 5.34. The molecule has 1 N–H and O–H groups in total. The fourth-order valence-electron chi connectivity index (χ4n) is 3.86. The van der Waals surface area contributed by atoms with Crippen LogP contribution in [0.15, 0.2) is 77.8 Å². The van der Waals surface area contributed by atoms with Crippen molar-refractivity contribution in [2.75, 3.05) is 4.90 Å². The molecule has 3 aromatic carbocycles. The number of para-hydroxylation sites is 1. The summed E-state index contributed by atoms with van der Waals surface area (Å²) in [6.45, 7) is 7.84. The topological polar surface area (TPSA) is 87.8 Å². The van der Waals surface area contributed by atoms with E-state index in [0.717, 1.165) is 16.8 Å². The van der Waals surface area contributed by atoms with E-state index < -0.39 is 16.5 Å². The molecule has 0 fully saturated rings. The molecule has 7 heteroatoms. The number of carbonyl (C=O) groups excluding carboxylic acids is 1. The summed E-state index contributed by atoms with van der Waals surface area (Å²) in [4.78, 5) is 31.2. The summed E-state index contributed by atoms with van der Waals surface area (Å²) in [6.07, 6.45) is 0. The smallest absolute Gasteiger partial charge is 0.269 e. The van der Waals surface area contributed by atoms with Gasteiger partial charge in [-0.15, -0.1) is 0 Å². The first-order chi connectivity index (χ1) is 15.6. The molecule has 1 atom stereocenters. The number of nitro groups is 1. The van der Waals surface area contributed by atoms with Crippen LogP contribution in [0.1, 0.15) is 43.5 Å². The number of carbonyl (C=O) groups is 1. The largest absolute Gasteiger partial charge is 0.349 e. The summed E-state index contributed by atoms with van der Waals surface area (Å²) in [5.41, 5.74) is 3.66. The van der Waals surface area contributed by atoms with Gasteiger partial charge in [0.1, 0.15) is 11.9 Å². The highest BCUT2D eigenvalue weighted by Gasteiger charge is 2.38. The SMILES string of the molecule is Cc1ccc(N2C(c3ccc([N+](=O)[O-])cc3)=Nc3ccccc3C2C(=O)NC(C)(C)C)cc1. The summed E-state index contributed by atoms with van der Waals surface area (Å²) < 4.78 is 0. The standard InChI is InChI=1S/C26H26N4O3/c1-17-9-13-19(14-10-17)29-23(25(31)28-26(2,3)4)21-7-5-6-8-22(21)27-24(29)18-11-15-20(16-12-18)30(32)33/h5-16,23H,1-4H3,(H,28,31). The van der Waals surface area contributed by atoms with Crippen molar-refractivity contribution in [2.45, 2.75) is 39.3 Å². The van der Waals surface area contributed by atoms with Crippen molar-refractivity contribution in [1.82, 2.24) is 5.32 Å². The number of nitrogens with zero attached hydrogens (tertiary/aromatic N) is 3. The molecule has 4 rings (SSSR count). The molecule has 7 nitrogen and oxygen atoms in total. The molecule has 1 aliphatic heterocycles. The molecule has 1 heterocycles. The third-order valence-electron chi connectivity index (χ3n) is 5.34. The molecule has 1 amide bonds. The van der Waals surface area contributed by atoms with Gasteiger partial charge in [0, 0.05) is 34.5 Å². The normalized spacial score (nSPS) is 15.5. The van der Waals surface area contributed by atoms with Gasteiger partial charge in [0.15, 0.2) is 0 Å². The first-order valence-electron chi connectivity index (χ1n) is 10.7. The number of nitrogens with one attached hydrogen (secondary N) is 1. The molecule has 0 aromatic heterocycles. The Morgan fingerprint density at radius 2 is 1.64 bits per heavy atom. The van der Waals surface area contributed by atoms with Crippen molar-refractivity contribution >= 4 is 28.8 Å². The van der Waals surface area contributed by atoms with Gasteiger partial charge in [0.2, 0.25) is 5.91 Å². The van der Waals surface area contributed by atoms with E-state index in [1.165, 1.54) is 12.1 Å². The van der Waals surface area contributed by atoms with Crippen LogP contribution in [0.25, 0.3) is 0 Å². The van der Waals surface area contributed by atoms with E-state index in [-0.39, 0.29) is 11.6 Å². The molecule has 0 saturated heterocycles. The maximum absolute atomic E-state index is 13.7. The van der Waals surface area contributed by atoms with E-state index in [0.29, 0.717) is 17.1 Å². The zero-order valence-corrected chi connectivity index (χ0v) is 19.1. The highest BCUT2D eigenvalue weighted by molar-refractivity contribution is 6.16. The number of hydrogen-bond donors (Lipinski definition) is 1. The van der Waals surface area contributed by atoms with Gasteiger partial charge in [-0.1, -0.05) is 35.9 Å². The molecule has 0 aliphatic carbocycles. The maximum Gasteiger partial charge on any atom is 0.269 e. The van der Waals surface area contributed by atoms with Gasteiger partial charge >= 0.3 is 0 Å². The lowest BCUT2D eigenvalue weighted by molar-refractivity contribution is -0.384. The zero-order chi connectivity index (χ0) is 23.8. The lowest BCUT2D eigenvalue weighted by Gasteiger charge is -2.39. The van der Waals surface area contributed by atoms with Crippen molar-refractivity contribution in [3.05, 3.63) is 99.6 Å². The van der Waals surface area contributed by atoms with Crippen LogP contribution in [-0.2, 0) is 4.79 Å². The highest BCUT2D eigenvalue weighted by atomic mass is 16.6. The molecular weight excluding hydrogens is 416 g/mol. The number of anilines is 1. The van der Waals surface area contributed by atoms with E-state index in [9.17, 15) is 14.9 Å². The Morgan fingerprint density at radius 3 is 2.24 bits per heavy atom. The van der Waals surface area contributed by atoms with E-state index in [2.05, 4.69) is 5.32 Å².